The molecule has 0 amide bonds. The number of hydrogen-bond donors (Lipinski definition) is 0. The molecule has 0 fully saturated rings. The largest absolute Gasteiger partial charge is 0.474 e. The minimum atomic E-state index is -0.390. The number of allylic oxidation sites excluding steroid dienone is 4. The molecular formula is C18H25OP. The predicted molar refractivity (Wildman–Crippen MR) is 92.2 cm³/mol. The summed E-state index contributed by atoms with van der Waals surface area (Å²) in [5.74, 6) is 0.944. The summed E-state index contributed by atoms with van der Waals surface area (Å²) in [6.45, 7) is 8.52. The summed E-state index contributed by atoms with van der Waals surface area (Å²) >= 11 is 0. The van der Waals surface area contributed by atoms with Gasteiger partial charge in [0.1, 0.15) is 5.76 Å². The van der Waals surface area contributed by atoms with E-state index in [2.05, 4.69) is 50.9 Å². The van der Waals surface area contributed by atoms with Crippen molar-refractivity contribution >= 4 is 14.2 Å². The lowest BCUT2D eigenvalue weighted by atomic mass is 10.1. The van der Waals surface area contributed by atoms with Gasteiger partial charge in [0.25, 0.3) is 0 Å². The molecule has 1 unspecified atom stereocenters. The van der Waals surface area contributed by atoms with Crippen LogP contribution < -0.4 is 0 Å². The molecule has 1 aromatic carbocycles. The van der Waals surface area contributed by atoms with Crippen molar-refractivity contribution in [2.24, 2.45) is 0 Å². The van der Waals surface area contributed by atoms with Crippen molar-refractivity contribution in [3.05, 3.63) is 65.5 Å². The molecule has 0 aliphatic carbocycles. The average molecular weight is 288 g/mol. The van der Waals surface area contributed by atoms with Gasteiger partial charge < -0.3 is 4.52 Å². The maximum absolute atomic E-state index is 6.10. The molecule has 1 nitrogen and oxygen atoms in total. The van der Waals surface area contributed by atoms with Gasteiger partial charge in [-0.2, -0.15) is 0 Å². The molecular weight excluding hydrogens is 263 g/mol. The Hall–Kier alpha value is -1.33. The van der Waals surface area contributed by atoms with E-state index in [0.717, 1.165) is 11.9 Å². The smallest absolute Gasteiger partial charge is 0.123 e. The van der Waals surface area contributed by atoms with Crippen LogP contribution in [0.2, 0.25) is 0 Å². The second-order valence-electron chi connectivity index (χ2n) is 4.73. The van der Waals surface area contributed by atoms with Gasteiger partial charge in [-0.05, 0) is 50.2 Å². The first-order valence-corrected chi connectivity index (χ1v) is 9.02. The third-order valence-electron chi connectivity index (χ3n) is 2.85. The van der Waals surface area contributed by atoms with Crippen molar-refractivity contribution in [2.45, 2.75) is 27.2 Å². The van der Waals surface area contributed by atoms with Crippen LogP contribution in [-0.2, 0) is 4.52 Å². The van der Waals surface area contributed by atoms with Gasteiger partial charge in [-0.15, -0.1) is 0 Å². The van der Waals surface area contributed by atoms with E-state index in [9.17, 15) is 0 Å². The fraction of sp³-hybridized carbons (Fsp3) is 0.333. The van der Waals surface area contributed by atoms with Crippen LogP contribution >= 0.6 is 8.15 Å². The van der Waals surface area contributed by atoms with Crippen molar-refractivity contribution < 1.29 is 4.52 Å². The van der Waals surface area contributed by atoms with Crippen LogP contribution in [0.1, 0.15) is 31.4 Å². The Kier molecular flexibility index (Phi) is 7.99. The Morgan fingerprint density at radius 3 is 2.65 bits per heavy atom. The van der Waals surface area contributed by atoms with Crippen LogP contribution in [0.3, 0.4) is 0 Å². The van der Waals surface area contributed by atoms with Crippen LogP contribution in [0.4, 0.5) is 0 Å². The zero-order chi connectivity index (χ0) is 14.8. The zero-order valence-electron chi connectivity index (χ0n) is 13.0. The summed E-state index contributed by atoms with van der Waals surface area (Å²) < 4.78 is 6.10. The summed E-state index contributed by atoms with van der Waals surface area (Å²) in [4.78, 5) is 0. The minimum Gasteiger partial charge on any atom is -0.474 e. The average Bonchev–Trinajstić information content (AvgIpc) is 2.41. The predicted octanol–water partition coefficient (Wildman–Crippen LogP) is 5.92. The molecule has 0 N–H and O–H groups in total. The summed E-state index contributed by atoms with van der Waals surface area (Å²) in [6.07, 6.45) is 12.5. The van der Waals surface area contributed by atoms with E-state index in [-0.39, 0.29) is 0 Å². The zero-order valence-corrected chi connectivity index (χ0v) is 13.9. The summed E-state index contributed by atoms with van der Waals surface area (Å²) in [6, 6.07) is 8.37. The molecule has 1 aromatic rings. The number of rotatable bonds is 7. The van der Waals surface area contributed by atoms with Gasteiger partial charge >= 0.3 is 0 Å². The van der Waals surface area contributed by atoms with Gasteiger partial charge in [-0.25, -0.2) is 0 Å². The lowest BCUT2D eigenvalue weighted by molar-refractivity contribution is 0.500. The first-order valence-electron chi connectivity index (χ1n) is 7.13. The molecule has 0 aliphatic rings. The van der Waals surface area contributed by atoms with E-state index in [1.54, 1.807) is 0 Å². The van der Waals surface area contributed by atoms with Crippen LogP contribution in [0.5, 0.6) is 0 Å². The van der Waals surface area contributed by atoms with Crippen molar-refractivity contribution in [1.82, 2.24) is 0 Å². The molecule has 0 spiro atoms. The molecule has 1 atom stereocenters. The van der Waals surface area contributed by atoms with E-state index < -0.39 is 8.15 Å². The van der Waals surface area contributed by atoms with Crippen LogP contribution in [0, 0.1) is 6.92 Å². The molecule has 0 saturated carbocycles. The molecule has 0 aliphatic heterocycles. The van der Waals surface area contributed by atoms with Crippen molar-refractivity contribution in [3.8, 4) is 0 Å². The lowest BCUT2D eigenvalue weighted by Crippen LogP contribution is -1.89. The fourth-order valence-corrected chi connectivity index (χ4v) is 3.00. The van der Waals surface area contributed by atoms with Gasteiger partial charge in [0.2, 0.25) is 0 Å². The molecule has 0 saturated heterocycles. The van der Waals surface area contributed by atoms with Crippen LogP contribution in [0.25, 0.3) is 6.08 Å². The van der Waals surface area contributed by atoms with E-state index in [0.29, 0.717) is 0 Å². The lowest BCUT2D eigenvalue weighted by Gasteiger charge is -2.14. The van der Waals surface area contributed by atoms with E-state index in [1.165, 1.54) is 17.5 Å². The first kappa shape index (κ1) is 16.7. The second kappa shape index (κ2) is 9.55. The van der Waals surface area contributed by atoms with Gasteiger partial charge in [0.05, 0.1) is 8.15 Å². The Bertz CT molecular complexity index is 486. The topological polar surface area (TPSA) is 9.23 Å². The number of hydrogen-bond acceptors (Lipinski definition) is 1. The molecule has 0 heterocycles. The first-order chi connectivity index (χ1) is 9.67. The molecule has 0 radical (unpaired) electrons. The second-order valence-corrected chi connectivity index (χ2v) is 6.62. The summed E-state index contributed by atoms with van der Waals surface area (Å²) in [5.41, 5.74) is 2.48. The standard InChI is InChI=1S/C18H25OP/c1-5-7-8-13-18(19-20(4)14-6-2)15-17-12-10-9-11-16(17)3/h5,7-13,15H,6,14H2,1-4H3/b7-5-,13-8-,18-15-. The van der Waals surface area contributed by atoms with Gasteiger partial charge in [-0.3, -0.25) is 0 Å². The Morgan fingerprint density at radius 1 is 1.25 bits per heavy atom. The van der Waals surface area contributed by atoms with Gasteiger partial charge in [-0.1, -0.05) is 49.4 Å². The summed E-state index contributed by atoms with van der Waals surface area (Å²) in [7, 11) is -0.390. The third kappa shape index (κ3) is 6.21. The monoisotopic (exact) mass is 288 g/mol. The maximum atomic E-state index is 6.10. The van der Waals surface area contributed by atoms with Crippen LogP contribution in [0.15, 0.2) is 54.3 Å². The fourth-order valence-electron chi connectivity index (χ4n) is 1.81. The van der Waals surface area contributed by atoms with Gasteiger partial charge in [0.15, 0.2) is 0 Å². The number of benzene rings is 1. The number of aryl methyl sites for hydroxylation is 1. The van der Waals surface area contributed by atoms with E-state index >= 15 is 0 Å². The highest BCUT2D eigenvalue weighted by atomic mass is 31.1. The minimum absolute atomic E-state index is 0.390. The Labute approximate surface area is 124 Å². The SMILES string of the molecule is C\C=C/C=C\C(=C\c1ccccc1C)OP(C)CCC. The normalized spacial score (nSPS) is 14.1. The van der Waals surface area contributed by atoms with E-state index in [1.807, 2.05) is 31.2 Å². The Balaban J connectivity index is 2.94. The maximum Gasteiger partial charge on any atom is 0.123 e. The highest BCUT2D eigenvalue weighted by Gasteiger charge is 2.04. The molecule has 0 aromatic heterocycles. The molecule has 108 valence electrons. The van der Waals surface area contributed by atoms with Crippen molar-refractivity contribution in [3.63, 3.8) is 0 Å². The molecule has 0 bridgehead atoms. The van der Waals surface area contributed by atoms with E-state index in [4.69, 9.17) is 4.52 Å². The molecule has 1 rings (SSSR count). The molecule has 20 heavy (non-hydrogen) atoms. The van der Waals surface area contributed by atoms with Crippen molar-refractivity contribution in [1.29, 1.82) is 0 Å². The summed E-state index contributed by atoms with van der Waals surface area (Å²) in [5, 5.41) is 0. The van der Waals surface area contributed by atoms with Crippen LogP contribution in [-0.4, -0.2) is 12.8 Å². The van der Waals surface area contributed by atoms with Gasteiger partial charge in [0, 0.05) is 6.16 Å². The third-order valence-corrected chi connectivity index (χ3v) is 4.45. The Morgan fingerprint density at radius 2 is 2.00 bits per heavy atom. The quantitative estimate of drug-likeness (QED) is 0.343. The highest BCUT2D eigenvalue weighted by Crippen LogP contribution is 2.36. The molecule has 2 heteroatoms. The highest BCUT2D eigenvalue weighted by molar-refractivity contribution is 7.51. The van der Waals surface area contributed by atoms with Crippen molar-refractivity contribution in [2.75, 3.05) is 12.8 Å².